The minimum atomic E-state index is -0.844. The lowest BCUT2D eigenvalue weighted by Gasteiger charge is -2.09. The van der Waals surface area contributed by atoms with Crippen LogP contribution in [0.15, 0.2) is 62.2 Å². The van der Waals surface area contributed by atoms with E-state index >= 15 is 0 Å². The predicted molar refractivity (Wildman–Crippen MR) is 117 cm³/mol. The van der Waals surface area contributed by atoms with Crippen molar-refractivity contribution in [2.45, 2.75) is 13.8 Å². The molecule has 4 aromatic rings. The Morgan fingerprint density at radius 3 is 1.97 bits per heavy atom. The maximum atomic E-state index is 13.6. The standard InChI is InChI=1S/C25H20O7/c1-13-5-9-15(10-6-13)20(26)19-21(16-11-7-14(2)8-12-16)31-24(28)17-18(23(27)29-3)25(30-4)32-22(17)19/h5-12H,1-4H3. The lowest BCUT2D eigenvalue weighted by molar-refractivity contribution is 0.0596. The van der Waals surface area contributed by atoms with E-state index in [0.717, 1.165) is 11.1 Å². The number of hydrogen-bond donors (Lipinski definition) is 0. The molecule has 0 fully saturated rings. The van der Waals surface area contributed by atoms with Gasteiger partial charge >= 0.3 is 17.5 Å². The first-order chi connectivity index (χ1) is 15.3. The van der Waals surface area contributed by atoms with E-state index in [1.807, 2.05) is 26.0 Å². The zero-order chi connectivity index (χ0) is 23.0. The van der Waals surface area contributed by atoms with Gasteiger partial charge < -0.3 is 18.3 Å². The van der Waals surface area contributed by atoms with Crippen molar-refractivity contribution in [3.63, 3.8) is 0 Å². The van der Waals surface area contributed by atoms with Gasteiger partial charge in [-0.1, -0.05) is 59.7 Å². The number of furan rings is 1. The summed E-state index contributed by atoms with van der Waals surface area (Å²) in [5, 5.41) is -0.208. The quantitative estimate of drug-likeness (QED) is 0.333. The van der Waals surface area contributed by atoms with Gasteiger partial charge in [-0.3, -0.25) is 4.79 Å². The Bertz CT molecular complexity index is 1390. The molecule has 2 aromatic carbocycles. The number of esters is 1. The Hall–Kier alpha value is -4.13. The number of carbonyl (C=O) groups is 2. The number of ketones is 1. The molecule has 0 aliphatic heterocycles. The van der Waals surface area contributed by atoms with Crippen molar-refractivity contribution < 1.29 is 27.9 Å². The summed E-state index contributed by atoms with van der Waals surface area (Å²) < 4.78 is 21.3. The van der Waals surface area contributed by atoms with Crippen molar-refractivity contribution in [3.8, 4) is 17.3 Å². The predicted octanol–water partition coefficient (Wildman–Crippen LogP) is 4.70. The van der Waals surface area contributed by atoms with Gasteiger partial charge in [-0.2, -0.15) is 0 Å². The van der Waals surface area contributed by atoms with Crippen molar-refractivity contribution in [3.05, 3.63) is 86.8 Å². The highest BCUT2D eigenvalue weighted by molar-refractivity contribution is 6.20. The topological polar surface area (TPSA) is 96.0 Å². The van der Waals surface area contributed by atoms with E-state index in [2.05, 4.69) is 0 Å². The van der Waals surface area contributed by atoms with Crippen LogP contribution >= 0.6 is 0 Å². The first kappa shape index (κ1) is 21.1. The summed E-state index contributed by atoms with van der Waals surface area (Å²) in [6.45, 7) is 3.83. The molecule has 32 heavy (non-hydrogen) atoms. The van der Waals surface area contributed by atoms with Gasteiger partial charge in [0.1, 0.15) is 10.9 Å². The van der Waals surface area contributed by atoms with Gasteiger partial charge in [0.25, 0.3) is 0 Å². The summed E-state index contributed by atoms with van der Waals surface area (Å²) in [5.41, 5.74) is 1.71. The van der Waals surface area contributed by atoms with Crippen molar-refractivity contribution in [1.29, 1.82) is 0 Å². The molecule has 0 spiro atoms. The van der Waals surface area contributed by atoms with Gasteiger partial charge in [0.15, 0.2) is 16.9 Å². The molecule has 2 aromatic heterocycles. The number of hydrogen-bond acceptors (Lipinski definition) is 7. The van der Waals surface area contributed by atoms with Gasteiger partial charge in [-0.05, 0) is 13.8 Å². The third-order valence-corrected chi connectivity index (χ3v) is 5.16. The van der Waals surface area contributed by atoms with Gasteiger partial charge in [0.2, 0.25) is 5.78 Å². The summed E-state index contributed by atoms with van der Waals surface area (Å²) >= 11 is 0. The van der Waals surface area contributed by atoms with E-state index in [-0.39, 0.29) is 33.8 Å². The molecule has 0 bridgehead atoms. The van der Waals surface area contributed by atoms with Gasteiger partial charge in [0, 0.05) is 11.1 Å². The molecule has 0 amide bonds. The Morgan fingerprint density at radius 1 is 0.812 bits per heavy atom. The van der Waals surface area contributed by atoms with Crippen LogP contribution in [0.3, 0.4) is 0 Å². The number of methoxy groups -OCH3 is 2. The molecule has 7 nitrogen and oxygen atoms in total. The number of carbonyl (C=O) groups excluding carboxylic acids is 2. The molecule has 0 N–H and O–H groups in total. The van der Waals surface area contributed by atoms with Gasteiger partial charge in [-0.15, -0.1) is 0 Å². The highest BCUT2D eigenvalue weighted by Gasteiger charge is 2.32. The number of rotatable bonds is 5. The molecule has 0 atom stereocenters. The first-order valence-corrected chi connectivity index (χ1v) is 9.80. The van der Waals surface area contributed by atoms with E-state index in [1.165, 1.54) is 14.2 Å². The Morgan fingerprint density at radius 2 is 1.41 bits per heavy atom. The van der Waals surface area contributed by atoms with Crippen LogP contribution in [0, 0.1) is 13.8 Å². The summed E-state index contributed by atoms with van der Waals surface area (Å²) in [6.07, 6.45) is 0. The summed E-state index contributed by atoms with van der Waals surface area (Å²) in [6, 6.07) is 14.1. The zero-order valence-electron chi connectivity index (χ0n) is 18.0. The van der Waals surface area contributed by atoms with E-state index in [9.17, 15) is 14.4 Å². The first-order valence-electron chi connectivity index (χ1n) is 9.80. The van der Waals surface area contributed by atoms with Gasteiger partial charge in [-0.25, -0.2) is 9.59 Å². The monoisotopic (exact) mass is 432 g/mol. The third-order valence-electron chi connectivity index (χ3n) is 5.16. The van der Waals surface area contributed by atoms with E-state index < -0.39 is 17.4 Å². The van der Waals surface area contributed by atoms with Crippen LogP contribution in [0.2, 0.25) is 0 Å². The Labute approximate surface area is 183 Å². The van der Waals surface area contributed by atoms with E-state index in [1.54, 1.807) is 36.4 Å². The normalized spacial score (nSPS) is 10.9. The fourth-order valence-corrected chi connectivity index (χ4v) is 3.47. The molecule has 0 saturated carbocycles. The molecule has 162 valence electrons. The summed E-state index contributed by atoms with van der Waals surface area (Å²) in [5.74, 6) is -1.47. The largest absolute Gasteiger partial charge is 0.468 e. The van der Waals surface area contributed by atoms with Crippen LogP contribution in [-0.2, 0) is 4.74 Å². The van der Waals surface area contributed by atoms with Crippen LogP contribution in [0.4, 0.5) is 0 Å². The summed E-state index contributed by atoms with van der Waals surface area (Å²) in [7, 11) is 2.45. The lowest BCUT2D eigenvalue weighted by Crippen LogP contribution is -2.12. The number of benzene rings is 2. The van der Waals surface area contributed by atoms with E-state index in [0.29, 0.717) is 11.1 Å². The van der Waals surface area contributed by atoms with Crippen molar-refractivity contribution in [1.82, 2.24) is 0 Å². The van der Waals surface area contributed by atoms with Crippen LogP contribution < -0.4 is 10.4 Å². The van der Waals surface area contributed by atoms with Crippen molar-refractivity contribution >= 4 is 22.7 Å². The van der Waals surface area contributed by atoms with Crippen molar-refractivity contribution in [2.75, 3.05) is 14.2 Å². The molecular weight excluding hydrogens is 412 g/mol. The number of aryl methyl sites for hydroxylation is 2. The second-order valence-electron chi connectivity index (χ2n) is 7.32. The molecule has 0 radical (unpaired) electrons. The third kappa shape index (κ3) is 3.47. The molecule has 0 aliphatic carbocycles. The smallest absolute Gasteiger partial charge is 0.348 e. The molecule has 0 aliphatic rings. The fraction of sp³-hybridized carbons (Fsp3) is 0.160. The molecule has 4 rings (SSSR count). The molecule has 2 heterocycles. The highest BCUT2D eigenvalue weighted by atomic mass is 16.6. The lowest BCUT2D eigenvalue weighted by atomic mass is 9.96. The molecule has 0 unspecified atom stereocenters. The van der Waals surface area contributed by atoms with Crippen LogP contribution in [0.1, 0.15) is 37.4 Å². The molecular formula is C25H20O7. The molecule has 0 saturated heterocycles. The SMILES string of the molecule is COC(=O)c1c(OC)oc2c(C(=O)c3ccc(C)cc3)c(-c3ccc(C)cc3)oc(=O)c12. The highest BCUT2D eigenvalue weighted by Crippen LogP contribution is 2.37. The average Bonchev–Trinajstić information content (AvgIpc) is 3.19. The Kier molecular flexibility index (Phi) is 5.40. The van der Waals surface area contributed by atoms with Crippen LogP contribution in [0.25, 0.3) is 22.3 Å². The Balaban J connectivity index is 2.11. The molecule has 7 heteroatoms. The fourth-order valence-electron chi connectivity index (χ4n) is 3.47. The van der Waals surface area contributed by atoms with E-state index in [4.69, 9.17) is 18.3 Å². The van der Waals surface area contributed by atoms with Crippen LogP contribution in [0.5, 0.6) is 5.95 Å². The number of fused-ring (bicyclic) bond motifs is 1. The average molecular weight is 432 g/mol. The van der Waals surface area contributed by atoms with Crippen LogP contribution in [-0.4, -0.2) is 26.0 Å². The summed E-state index contributed by atoms with van der Waals surface area (Å²) in [4.78, 5) is 39.0. The minimum Gasteiger partial charge on any atom is -0.468 e. The second kappa shape index (κ2) is 8.19. The maximum Gasteiger partial charge on any atom is 0.348 e. The zero-order valence-corrected chi connectivity index (χ0v) is 18.0. The second-order valence-corrected chi connectivity index (χ2v) is 7.32. The number of ether oxygens (including phenoxy) is 2. The van der Waals surface area contributed by atoms with Crippen molar-refractivity contribution in [2.24, 2.45) is 0 Å². The minimum absolute atomic E-state index is 0.0146. The van der Waals surface area contributed by atoms with Gasteiger partial charge in [0.05, 0.1) is 14.2 Å². The maximum absolute atomic E-state index is 13.6.